The number of hydrogen-bond acceptors (Lipinski definition) is 3. The van der Waals surface area contributed by atoms with E-state index in [1.165, 1.54) is 0 Å². The number of nitrogens with one attached hydrogen (secondary N) is 2. The molecular formula is C13H24N2O4. The molecule has 1 atom stereocenters. The summed E-state index contributed by atoms with van der Waals surface area (Å²) in [5.41, 5.74) is 0.934. The van der Waals surface area contributed by atoms with E-state index in [-0.39, 0.29) is 18.4 Å². The number of urea groups is 1. The molecule has 2 amide bonds. The zero-order chi connectivity index (χ0) is 14.7. The van der Waals surface area contributed by atoms with Gasteiger partial charge >= 0.3 is 12.0 Å². The van der Waals surface area contributed by atoms with Crippen molar-refractivity contribution >= 4 is 12.0 Å². The van der Waals surface area contributed by atoms with Gasteiger partial charge in [0.25, 0.3) is 0 Å². The standard InChI is InChI=1S/C13H24N2O4/c1-4-11(7-12(16)17)8-15-13(18)14-5-6-19-9-10(2)3/h11H,2,4-9H2,1,3H3,(H,16,17)(H2,14,15,18). The lowest BCUT2D eigenvalue weighted by Gasteiger charge is -2.14. The topological polar surface area (TPSA) is 87.7 Å². The smallest absolute Gasteiger partial charge is 0.314 e. The molecule has 0 bridgehead atoms. The molecule has 19 heavy (non-hydrogen) atoms. The van der Waals surface area contributed by atoms with E-state index in [1.807, 2.05) is 13.8 Å². The Hall–Kier alpha value is -1.56. The lowest BCUT2D eigenvalue weighted by molar-refractivity contribution is -0.138. The van der Waals surface area contributed by atoms with Gasteiger partial charge in [0.05, 0.1) is 13.2 Å². The van der Waals surface area contributed by atoms with Crippen molar-refractivity contribution < 1.29 is 19.4 Å². The summed E-state index contributed by atoms with van der Waals surface area (Å²) in [5, 5.41) is 14.0. The predicted octanol–water partition coefficient (Wildman–Crippen LogP) is 1.38. The molecule has 0 fully saturated rings. The van der Waals surface area contributed by atoms with Gasteiger partial charge < -0.3 is 20.5 Å². The van der Waals surface area contributed by atoms with E-state index in [2.05, 4.69) is 17.2 Å². The molecule has 0 saturated heterocycles. The molecule has 0 aliphatic carbocycles. The SMILES string of the molecule is C=C(C)COCCNC(=O)NCC(CC)CC(=O)O. The third-order valence-corrected chi connectivity index (χ3v) is 2.47. The number of carboxylic acid groups (broad SMARTS) is 1. The van der Waals surface area contributed by atoms with E-state index >= 15 is 0 Å². The molecule has 6 nitrogen and oxygen atoms in total. The minimum Gasteiger partial charge on any atom is -0.481 e. The van der Waals surface area contributed by atoms with Crippen LogP contribution in [0.1, 0.15) is 26.7 Å². The highest BCUT2D eigenvalue weighted by Gasteiger charge is 2.12. The number of carboxylic acids is 1. The lowest BCUT2D eigenvalue weighted by atomic mass is 10.0. The van der Waals surface area contributed by atoms with Gasteiger partial charge in [0.15, 0.2) is 0 Å². The lowest BCUT2D eigenvalue weighted by Crippen LogP contribution is -2.40. The highest BCUT2D eigenvalue weighted by atomic mass is 16.5. The summed E-state index contributed by atoms with van der Waals surface area (Å²) >= 11 is 0. The molecule has 0 heterocycles. The zero-order valence-corrected chi connectivity index (χ0v) is 11.7. The maximum atomic E-state index is 11.4. The van der Waals surface area contributed by atoms with E-state index in [9.17, 15) is 9.59 Å². The largest absolute Gasteiger partial charge is 0.481 e. The molecule has 0 aliphatic rings. The number of amides is 2. The number of rotatable bonds is 10. The summed E-state index contributed by atoms with van der Waals surface area (Å²) in [4.78, 5) is 22.0. The van der Waals surface area contributed by atoms with Crippen molar-refractivity contribution in [1.82, 2.24) is 10.6 Å². The summed E-state index contributed by atoms with van der Waals surface area (Å²) in [6, 6.07) is -0.303. The maximum absolute atomic E-state index is 11.4. The Balaban J connectivity index is 3.62. The average Bonchev–Trinajstić information content (AvgIpc) is 2.33. The monoisotopic (exact) mass is 272 g/mol. The van der Waals surface area contributed by atoms with Crippen LogP contribution in [-0.2, 0) is 9.53 Å². The van der Waals surface area contributed by atoms with Crippen LogP contribution in [0, 0.1) is 5.92 Å². The fourth-order valence-electron chi connectivity index (χ4n) is 1.39. The second-order valence-electron chi connectivity index (χ2n) is 4.52. The molecule has 0 rings (SSSR count). The van der Waals surface area contributed by atoms with Gasteiger partial charge in [0.1, 0.15) is 0 Å². The number of ether oxygens (including phenoxy) is 1. The van der Waals surface area contributed by atoms with E-state index < -0.39 is 5.97 Å². The zero-order valence-electron chi connectivity index (χ0n) is 11.7. The van der Waals surface area contributed by atoms with Crippen LogP contribution in [0.5, 0.6) is 0 Å². The minimum atomic E-state index is -0.845. The normalized spacial score (nSPS) is 11.7. The fraction of sp³-hybridized carbons (Fsp3) is 0.692. The second kappa shape index (κ2) is 10.4. The Morgan fingerprint density at radius 1 is 1.37 bits per heavy atom. The van der Waals surface area contributed by atoms with Crippen LogP contribution in [0.25, 0.3) is 0 Å². The first kappa shape index (κ1) is 17.4. The highest BCUT2D eigenvalue weighted by molar-refractivity contribution is 5.74. The Morgan fingerprint density at radius 2 is 2.05 bits per heavy atom. The van der Waals surface area contributed by atoms with Crippen LogP contribution in [0.3, 0.4) is 0 Å². The fourth-order valence-corrected chi connectivity index (χ4v) is 1.39. The first-order chi connectivity index (χ1) is 8.95. The summed E-state index contributed by atoms with van der Waals surface area (Å²) in [6.07, 6.45) is 0.785. The van der Waals surface area contributed by atoms with Gasteiger partial charge in [-0.2, -0.15) is 0 Å². The molecule has 0 radical (unpaired) electrons. The summed E-state index contributed by atoms with van der Waals surface area (Å²) in [6.45, 7) is 9.15. The van der Waals surface area contributed by atoms with Crippen LogP contribution in [0.4, 0.5) is 4.79 Å². The van der Waals surface area contributed by atoms with Crippen LogP contribution in [0.15, 0.2) is 12.2 Å². The Morgan fingerprint density at radius 3 is 2.58 bits per heavy atom. The van der Waals surface area contributed by atoms with E-state index in [0.717, 1.165) is 5.57 Å². The van der Waals surface area contributed by atoms with Crippen LogP contribution in [0.2, 0.25) is 0 Å². The second-order valence-corrected chi connectivity index (χ2v) is 4.52. The van der Waals surface area contributed by atoms with Crippen molar-refractivity contribution in [2.75, 3.05) is 26.3 Å². The van der Waals surface area contributed by atoms with Crippen LogP contribution < -0.4 is 10.6 Å². The summed E-state index contributed by atoms with van der Waals surface area (Å²) in [7, 11) is 0. The van der Waals surface area contributed by atoms with Crippen molar-refractivity contribution in [3.05, 3.63) is 12.2 Å². The third-order valence-electron chi connectivity index (χ3n) is 2.47. The molecule has 3 N–H and O–H groups in total. The molecule has 0 saturated carbocycles. The molecular weight excluding hydrogens is 248 g/mol. The van der Waals surface area contributed by atoms with Gasteiger partial charge in [-0.15, -0.1) is 0 Å². The van der Waals surface area contributed by atoms with Gasteiger partial charge in [0, 0.05) is 19.5 Å². The van der Waals surface area contributed by atoms with Gasteiger partial charge in [-0.05, 0) is 12.8 Å². The van der Waals surface area contributed by atoms with Crippen molar-refractivity contribution in [1.29, 1.82) is 0 Å². The highest BCUT2D eigenvalue weighted by Crippen LogP contribution is 2.06. The molecule has 0 aromatic rings. The first-order valence-corrected chi connectivity index (χ1v) is 6.41. The quantitative estimate of drug-likeness (QED) is 0.414. The maximum Gasteiger partial charge on any atom is 0.314 e. The Bertz CT molecular complexity index is 305. The number of carbonyl (C=O) groups is 2. The molecule has 0 aromatic heterocycles. The van der Waals surface area contributed by atoms with Gasteiger partial charge in [-0.1, -0.05) is 25.5 Å². The average molecular weight is 272 g/mol. The van der Waals surface area contributed by atoms with Crippen LogP contribution in [-0.4, -0.2) is 43.4 Å². The minimum absolute atomic E-state index is 0.0390. The van der Waals surface area contributed by atoms with E-state index in [0.29, 0.717) is 32.7 Å². The van der Waals surface area contributed by atoms with E-state index in [4.69, 9.17) is 9.84 Å². The van der Waals surface area contributed by atoms with E-state index in [1.54, 1.807) is 0 Å². The number of hydrogen-bond donors (Lipinski definition) is 3. The Labute approximate surface area is 114 Å². The molecule has 1 unspecified atom stereocenters. The Kier molecular flexibility index (Phi) is 9.52. The van der Waals surface area contributed by atoms with Gasteiger partial charge in [-0.25, -0.2) is 4.79 Å². The van der Waals surface area contributed by atoms with Crippen molar-refractivity contribution in [3.63, 3.8) is 0 Å². The van der Waals surface area contributed by atoms with Crippen molar-refractivity contribution in [2.45, 2.75) is 26.7 Å². The summed E-state index contributed by atoms with van der Waals surface area (Å²) < 4.78 is 5.23. The van der Waals surface area contributed by atoms with Crippen LogP contribution >= 0.6 is 0 Å². The summed E-state index contributed by atoms with van der Waals surface area (Å²) in [5.74, 6) is -0.884. The molecule has 0 spiro atoms. The van der Waals surface area contributed by atoms with Gasteiger partial charge in [0.2, 0.25) is 0 Å². The molecule has 0 aliphatic heterocycles. The molecule has 6 heteroatoms. The van der Waals surface area contributed by atoms with Crippen molar-refractivity contribution in [3.8, 4) is 0 Å². The third kappa shape index (κ3) is 11.3. The number of aliphatic carboxylic acids is 1. The first-order valence-electron chi connectivity index (χ1n) is 6.41. The number of carbonyl (C=O) groups excluding carboxylic acids is 1. The van der Waals surface area contributed by atoms with Crippen molar-refractivity contribution in [2.24, 2.45) is 5.92 Å². The van der Waals surface area contributed by atoms with Gasteiger partial charge in [-0.3, -0.25) is 4.79 Å². The molecule has 110 valence electrons. The molecule has 0 aromatic carbocycles. The predicted molar refractivity (Wildman–Crippen MR) is 73.1 cm³/mol.